The Morgan fingerprint density at radius 3 is 1.94 bits per heavy atom. The Labute approximate surface area is 321 Å². The molecule has 0 bridgehead atoms. The Morgan fingerprint density at radius 2 is 1.44 bits per heavy atom. The van der Waals surface area contributed by atoms with Crippen molar-refractivity contribution in [2.45, 2.75) is 168 Å². The van der Waals surface area contributed by atoms with E-state index in [0.717, 1.165) is 70.6 Å². The molecule has 6 aliphatic rings. The summed E-state index contributed by atoms with van der Waals surface area (Å²) in [5.41, 5.74) is 4.33. The minimum Gasteiger partial charge on any atom is -0.363 e. The van der Waals surface area contributed by atoms with Crippen LogP contribution in [0.1, 0.15) is 132 Å². The van der Waals surface area contributed by atoms with Crippen LogP contribution in [0.15, 0.2) is 0 Å². The molecular formula is C41H67N7O6. The lowest BCUT2D eigenvalue weighted by molar-refractivity contribution is -0.143. The summed E-state index contributed by atoms with van der Waals surface area (Å²) in [6.45, 7) is 15.7. The van der Waals surface area contributed by atoms with Crippen molar-refractivity contribution in [1.82, 2.24) is 31.1 Å². The molecule has 2 aliphatic heterocycles. The average molecular weight is 754 g/mol. The number of likely N-dealkylation sites (tertiary alicyclic amines) is 1. The molecule has 0 aromatic carbocycles. The fourth-order valence-electron chi connectivity index (χ4n) is 11.5. The number of carbonyl (C=O) groups excluding carboxylic acids is 6. The van der Waals surface area contributed by atoms with Crippen molar-refractivity contribution in [2.24, 2.45) is 39.2 Å². The van der Waals surface area contributed by atoms with E-state index in [0.29, 0.717) is 32.5 Å². The molecule has 0 radical (unpaired) electrons. The van der Waals surface area contributed by atoms with Gasteiger partial charge >= 0.3 is 6.03 Å². The molecule has 2 heterocycles. The predicted molar refractivity (Wildman–Crippen MR) is 205 cm³/mol. The van der Waals surface area contributed by atoms with Gasteiger partial charge in [0, 0.05) is 37.1 Å². The molecule has 2 saturated heterocycles. The summed E-state index contributed by atoms with van der Waals surface area (Å²) in [5, 5.41) is 12.4. The van der Waals surface area contributed by atoms with Gasteiger partial charge in [-0.3, -0.25) is 24.0 Å². The molecule has 4 aliphatic carbocycles. The molecule has 54 heavy (non-hydrogen) atoms. The third kappa shape index (κ3) is 7.27. The summed E-state index contributed by atoms with van der Waals surface area (Å²) < 4.78 is 0. The quantitative estimate of drug-likeness (QED) is 0.201. The van der Waals surface area contributed by atoms with Crippen molar-refractivity contribution in [1.29, 1.82) is 0 Å². The topological polar surface area (TPSA) is 183 Å². The van der Waals surface area contributed by atoms with Crippen LogP contribution in [-0.4, -0.2) is 101 Å². The number of amides is 6. The molecule has 0 aromatic rings. The van der Waals surface area contributed by atoms with E-state index in [4.69, 9.17) is 5.73 Å². The summed E-state index contributed by atoms with van der Waals surface area (Å²) in [6.07, 6.45) is 11.6. The smallest absolute Gasteiger partial charge is 0.316 e. The molecule has 302 valence electrons. The third-order valence-corrected chi connectivity index (χ3v) is 15.0. The Hall–Kier alpha value is -3.22. The van der Waals surface area contributed by atoms with Gasteiger partial charge in [0.25, 0.3) is 5.91 Å². The first-order valence-electron chi connectivity index (χ1n) is 20.9. The zero-order chi connectivity index (χ0) is 39.4. The van der Waals surface area contributed by atoms with Gasteiger partial charge in [-0.25, -0.2) is 4.79 Å². The van der Waals surface area contributed by atoms with Gasteiger partial charge in [0.2, 0.25) is 23.5 Å². The summed E-state index contributed by atoms with van der Waals surface area (Å²) in [5.74, 6) is -2.59. The molecule has 7 atom stereocenters. The molecule has 13 heteroatoms. The number of nitrogens with two attached hydrogens (primary N) is 1. The highest BCUT2D eigenvalue weighted by Crippen LogP contribution is 2.88. The number of ketones is 1. The highest BCUT2D eigenvalue weighted by atomic mass is 16.2. The van der Waals surface area contributed by atoms with E-state index in [-0.39, 0.29) is 52.0 Å². The molecular weight excluding hydrogens is 686 g/mol. The van der Waals surface area contributed by atoms with E-state index in [2.05, 4.69) is 49.0 Å². The molecule has 2 spiro atoms. The largest absolute Gasteiger partial charge is 0.363 e. The number of urea groups is 1. The Balaban J connectivity index is 1.24. The molecule has 6 N–H and O–H groups in total. The number of nitrogens with zero attached hydrogens (tertiary/aromatic N) is 2. The molecule has 13 nitrogen and oxygen atoms in total. The van der Waals surface area contributed by atoms with Crippen molar-refractivity contribution < 1.29 is 28.8 Å². The van der Waals surface area contributed by atoms with Crippen molar-refractivity contribution >= 4 is 35.4 Å². The van der Waals surface area contributed by atoms with Gasteiger partial charge in [-0.05, 0) is 80.5 Å². The molecule has 0 aromatic heterocycles. The van der Waals surface area contributed by atoms with E-state index < -0.39 is 53.2 Å². The first kappa shape index (κ1) is 40.4. The monoisotopic (exact) mass is 754 g/mol. The van der Waals surface area contributed by atoms with E-state index in [1.807, 2.05) is 25.7 Å². The second-order valence-corrected chi connectivity index (χ2v) is 19.7. The van der Waals surface area contributed by atoms with Crippen LogP contribution in [-0.2, 0) is 24.0 Å². The SMILES string of the molecule is C[C@H]1CN(C(=O)[C@@H](NC(=O)N[C@H](C(=O)N2CC3(C[C@H]2C(=O)NC(CC2CCC2)C(=O)C(N)=O)C(C)(C)C32CCC2)C(C)(C)C)C2CCCCC2)C[C@H](C)N1. The van der Waals surface area contributed by atoms with Crippen LogP contribution in [0.2, 0.25) is 0 Å². The Kier molecular flexibility index (Phi) is 11.3. The number of Topliss-reactive ketones (excluding diaryl/α,β-unsaturated/α-hetero) is 1. The van der Waals surface area contributed by atoms with Gasteiger partial charge in [-0.15, -0.1) is 0 Å². The maximum atomic E-state index is 15.0. The molecule has 6 amide bonds. The Bertz CT molecular complexity index is 1480. The lowest BCUT2D eigenvalue weighted by Gasteiger charge is -2.40. The summed E-state index contributed by atoms with van der Waals surface area (Å²) in [4.78, 5) is 86.1. The van der Waals surface area contributed by atoms with Crippen LogP contribution in [0.3, 0.4) is 0 Å². The van der Waals surface area contributed by atoms with Crippen LogP contribution in [0, 0.1) is 33.5 Å². The van der Waals surface area contributed by atoms with E-state index in [1.165, 1.54) is 0 Å². The number of hydrogen-bond acceptors (Lipinski definition) is 7. The average Bonchev–Trinajstić information content (AvgIpc) is 3.27. The van der Waals surface area contributed by atoms with Crippen LogP contribution >= 0.6 is 0 Å². The first-order valence-corrected chi connectivity index (χ1v) is 20.9. The fraction of sp³-hybridized carbons (Fsp3) is 0.854. The minimum atomic E-state index is -1.08. The van der Waals surface area contributed by atoms with Crippen LogP contribution in [0.5, 0.6) is 0 Å². The lowest BCUT2D eigenvalue weighted by Crippen LogP contribution is -2.64. The number of rotatable bonds is 11. The van der Waals surface area contributed by atoms with Crippen LogP contribution in [0.4, 0.5) is 4.79 Å². The molecule has 6 rings (SSSR count). The zero-order valence-electron chi connectivity index (χ0n) is 33.9. The predicted octanol–water partition coefficient (Wildman–Crippen LogP) is 3.38. The number of piperazine rings is 1. The highest BCUT2D eigenvalue weighted by Gasteiger charge is 2.85. The number of hydrogen-bond donors (Lipinski definition) is 5. The number of fused-ring (bicyclic) bond motifs is 1. The van der Waals surface area contributed by atoms with Gasteiger partial charge in [0.05, 0.1) is 6.04 Å². The van der Waals surface area contributed by atoms with Gasteiger partial charge < -0.3 is 36.8 Å². The minimum absolute atomic E-state index is 0.000406. The van der Waals surface area contributed by atoms with Crippen LogP contribution < -0.4 is 27.0 Å². The van der Waals surface area contributed by atoms with Gasteiger partial charge in [-0.1, -0.05) is 79.6 Å². The summed E-state index contributed by atoms with van der Waals surface area (Å²) >= 11 is 0. The van der Waals surface area contributed by atoms with E-state index in [9.17, 15) is 28.8 Å². The van der Waals surface area contributed by atoms with E-state index >= 15 is 0 Å². The maximum Gasteiger partial charge on any atom is 0.316 e. The van der Waals surface area contributed by atoms with E-state index in [1.54, 1.807) is 4.90 Å². The maximum absolute atomic E-state index is 15.0. The number of carbonyl (C=O) groups is 6. The second-order valence-electron chi connectivity index (χ2n) is 19.7. The normalized spacial score (nSPS) is 30.8. The lowest BCUT2D eigenvalue weighted by atomic mass is 9.73. The summed E-state index contributed by atoms with van der Waals surface area (Å²) in [6, 6.07) is -3.97. The molecule has 4 saturated carbocycles. The molecule has 2 unspecified atom stereocenters. The summed E-state index contributed by atoms with van der Waals surface area (Å²) in [7, 11) is 0. The van der Waals surface area contributed by atoms with Crippen molar-refractivity contribution in [3.8, 4) is 0 Å². The first-order chi connectivity index (χ1) is 25.3. The third-order valence-electron chi connectivity index (χ3n) is 15.0. The van der Waals surface area contributed by atoms with Gasteiger partial charge in [-0.2, -0.15) is 0 Å². The Morgan fingerprint density at radius 1 is 0.815 bits per heavy atom. The number of nitrogens with one attached hydrogen (secondary N) is 4. The van der Waals surface area contributed by atoms with Crippen molar-refractivity contribution in [3.05, 3.63) is 0 Å². The zero-order valence-corrected chi connectivity index (χ0v) is 33.9. The van der Waals surface area contributed by atoms with Crippen LogP contribution in [0.25, 0.3) is 0 Å². The fourth-order valence-corrected chi connectivity index (χ4v) is 11.5. The number of primary amides is 1. The molecule has 6 fully saturated rings. The van der Waals surface area contributed by atoms with Crippen molar-refractivity contribution in [3.63, 3.8) is 0 Å². The standard InChI is InChI=1S/C41H67N7O6/c1-24-21-47(22-25(2)43-24)35(52)30(27-15-9-8-10-16-27)45-37(54)46-32(38(3,4)5)36(53)48-23-41(39(6,7)40(41)17-12-18-40)20-29(48)34(51)44-28(31(49)33(42)50)19-26-13-11-14-26/h24-30,32,43H,8-23H2,1-7H3,(H2,42,50)(H,44,51)(H2,45,46,54)/t24-,25-,28?,29-,30-,32+,41?/m0/s1. The van der Waals surface area contributed by atoms with Crippen molar-refractivity contribution in [2.75, 3.05) is 19.6 Å². The van der Waals surface area contributed by atoms with Gasteiger partial charge in [0.1, 0.15) is 18.1 Å². The highest BCUT2D eigenvalue weighted by molar-refractivity contribution is 6.37. The second kappa shape index (κ2) is 15.0. The van der Waals surface area contributed by atoms with Gasteiger partial charge in [0.15, 0.2) is 0 Å².